The van der Waals surface area contributed by atoms with Crippen molar-refractivity contribution in [3.8, 4) is 11.1 Å². The molecule has 28 heavy (non-hydrogen) atoms. The third-order valence-corrected chi connectivity index (χ3v) is 6.99. The Morgan fingerprint density at radius 1 is 1.11 bits per heavy atom. The van der Waals surface area contributed by atoms with Gasteiger partial charge in [0.15, 0.2) is 0 Å². The maximum Gasteiger partial charge on any atom is 0.254 e. The van der Waals surface area contributed by atoms with Crippen molar-refractivity contribution >= 4 is 11.9 Å². The van der Waals surface area contributed by atoms with Crippen LogP contribution in [0.5, 0.6) is 0 Å². The lowest BCUT2D eigenvalue weighted by atomic mass is 9.71. The molecular formula is C23H28N4O. The highest BCUT2D eigenvalue weighted by Crippen LogP contribution is 2.40. The number of aromatic nitrogens is 2. The van der Waals surface area contributed by atoms with Crippen molar-refractivity contribution in [2.24, 2.45) is 12.5 Å². The Morgan fingerprint density at radius 3 is 2.61 bits per heavy atom. The van der Waals surface area contributed by atoms with Gasteiger partial charge in [0, 0.05) is 49.2 Å². The number of hydrogen-bond acceptors (Lipinski definition) is 4. The summed E-state index contributed by atoms with van der Waals surface area (Å²) in [6.45, 7) is 4.55. The van der Waals surface area contributed by atoms with E-state index in [1.54, 1.807) is 4.57 Å². The zero-order valence-electron chi connectivity index (χ0n) is 16.6. The molecule has 146 valence electrons. The molecule has 5 rings (SSSR count). The van der Waals surface area contributed by atoms with Gasteiger partial charge < -0.3 is 14.8 Å². The first kappa shape index (κ1) is 17.7. The molecule has 2 aliphatic heterocycles. The lowest BCUT2D eigenvalue weighted by Crippen LogP contribution is -2.45. The minimum absolute atomic E-state index is 0.105. The lowest BCUT2D eigenvalue weighted by molar-refractivity contribution is 0.154. The average Bonchev–Trinajstić information content (AvgIpc) is 3.22. The highest BCUT2D eigenvalue weighted by Gasteiger charge is 2.35. The van der Waals surface area contributed by atoms with Crippen molar-refractivity contribution in [3.05, 3.63) is 52.1 Å². The first-order valence-electron chi connectivity index (χ1n) is 10.5. The number of anilines is 1. The monoisotopic (exact) mass is 376 g/mol. The second-order valence-electron chi connectivity index (χ2n) is 8.60. The molecule has 1 spiro atoms. The molecule has 0 atom stereocenters. The van der Waals surface area contributed by atoms with E-state index in [0.29, 0.717) is 5.41 Å². The van der Waals surface area contributed by atoms with Gasteiger partial charge in [-0.3, -0.25) is 4.79 Å². The number of piperidine rings is 2. The second kappa shape index (κ2) is 6.89. The summed E-state index contributed by atoms with van der Waals surface area (Å²) in [7, 11) is 1.83. The number of aryl methyl sites for hydroxylation is 1. The summed E-state index contributed by atoms with van der Waals surface area (Å²) in [5.41, 5.74) is 4.79. The van der Waals surface area contributed by atoms with E-state index in [1.807, 2.05) is 19.4 Å². The van der Waals surface area contributed by atoms with Crippen molar-refractivity contribution in [1.82, 2.24) is 14.9 Å². The van der Waals surface area contributed by atoms with Crippen LogP contribution in [0.4, 0.5) is 5.82 Å². The van der Waals surface area contributed by atoms with E-state index in [1.165, 1.54) is 38.8 Å². The molecule has 2 saturated heterocycles. The molecule has 0 unspecified atom stereocenters. The van der Waals surface area contributed by atoms with E-state index >= 15 is 0 Å². The van der Waals surface area contributed by atoms with Crippen molar-refractivity contribution in [2.45, 2.75) is 32.1 Å². The van der Waals surface area contributed by atoms with E-state index in [2.05, 4.69) is 34.5 Å². The quantitative estimate of drug-likeness (QED) is 0.875. The van der Waals surface area contributed by atoms with Crippen molar-refractivity contribution in [3.63, 3.8) is 0 Å². The molecule has 2 aromatic heterocycles. The SMILES string of the molecule is Cn1cc(-c2ccc(N3CCC4(CCNCC4)CC3)nc2)c2c(c1=O)CC=C2. The van der Waals surface area contributed by atoms with Crippen LogP contribution in [0.3, 0.4) is 0 Å². The van der Waals surface area contributed by atoms with Gasteiger partial charge in [-0.1, -0.05) is 12.2 Å². The van der Waals surface area contributed by atoms with Gasteiger partial charge >= 0.3 is 0 Å². The third-order valence-electron chi connectivity index (χ3n) is 6.99. The number of fused-ring (bicyclic) bond motifs is 1. The van der Waals surface area contributed by atoms with Gasteiger partial charge in [0.25, 0.3) is 5.56 Å². The Bertz CT molecular complexity index is 957. The Labute approximate surface area is 166 Å². The highest BCUT2D eigenvalue weighted by atomic mass is 16.1. The van der Waals surface area contributed by atoms with Gasteiger partial charge in [-0.15, -0.1) is 0 Å². The molecular weight excluding hydrogens is 348 g/mol. The Morgan fingerprint density at radius 2 is 1.89 bits per heavy atom. The van der Waals surface area contributed by atoms with Crippen LogP contribution in [-0.4, -0.2) is 35.7 Å². The summed E-state index contributed by atoms with van der Waals surface area (Å²) in [4.78, 5) is 19.6. The average molecular weight is 377 g/mol. The Hall–Kier alpha value is -2.40. The van der Waals surface area contributed by atoms with Gasteiger partial charge in [-0.05, 0) is 68.3 Å². The zero-order chi connectivity index (χ0) is 19.1. The van der Waals surface area contributed by atoms with Crippen molar-refractivity contribution in [2.75, 3.05) is 31.1 Å². The zero-order valence-corrected chi connectivity index (χ0v) is 16.6. The molecule has 0 aromatic carbocycles. The van der Waals surface area contributed by atoms with E-state index in [9.17, 15) is 4.79 Å². The molecule has 0 bridgehead atoms. The van der Waals surface area contributed by atoms with Crippen LogP contribution in [0.15, 0.2) is 35.4 Å². The fourth-order valence-corrected chi connectivity index (χ4v) is 5.12. The number of nitrogens with zero attached hydrogens (tertiary/aromatic N) is 3. The first-order valence-corrected chi connectivity index (χ1v) is 10.5. The molecule has 4 heterocycles. The maximum absolute atomic E-state index is 12.3. The Balaban J connectivity index is 1.36. The minimum atomic E-state index is 0.105. The highest BCUT2D eigenvalue weighted by molar-refractivity contribution is 5.78. The number of hydrogen-bond donors (Lipinski definition) is 1. The molecule has 2 aromatic rings. The van der Waals surface area contributed by atoms with Crippen molar-refractivity contribution < 1.29 is 0 Å². The van der Waals surface area contributed by atoms with Crippen LogP contribution in [0.25, 0.3) is 17.2 Å². The summed E-state index contributed by atoms with van der Waals surface area (Å²) in [5.74, 6) is 1.07. The molecule has 0 amide bonds. The fourth-order valence-electron chi connectivity index (χ4n) is 5.12. The molecule has 1 aliphatic carbocycles. The molecule has 3 aliphatic rings. The van der Waals surface area contributed by atoms with Crippen LogP contribution in [0.1, 0.15) is 36.8 Å². The predicted octanol–water partition coefficient (Wildman–Crippen LogP) is 2.99. The van der Waals surface area contributed by atoms with Crippen LogP contribution in [0.2, 0.25) is 0 Å². The number of allylic oxidation sites excluding steroid dienone is 1. The van der Waals surface area contributed by atoms with E-state index in [4.69, 9.17) is 4.98 Å². The predicted molar refractivity (Wildman–Crippen MR) is 114 cm³/mol. The van der Waals surface area contributed by atoms with Crippen LogP contribution in [-0.2, 0) is 13.5 Å². The summed E-state index contributed by atoms with van der Waals surface area (Å²) < 4.78 is 1.69. The molecule has 2 fully saturated rings. The second-order valence-corrected chi connectivity index (χ2v) is 8.60. The van der Waals surface area contributed by atoms with E-state index in [-0.39, 0.29) is 5.56 Å². The normalized spacial score (nSPS) is 20.5. The van der Waals surface area contributed by atoms with Crippen molar-refractivity contribution in [1.29, 1.82) is 0 Å². The number of pyridine rings is 2. The summed E-state index contributed by atoms with van der Waals surface area (Å²) in [6, 6.07) is 4.30. The lowest BCUT2D eigenvalue weighted by Gasteiger charge is -2.44. The smallest absolute Gasteiger partial charge is 0.254 e. The van der Waals surface area contributed by atoms with Crippen LogP contribution in [0, 0.1) is 5.41 Å². The molecule has 0 radical (unpaired) electrons. The van der Waals surface area contributed by atoms with Gasteiger partial charge in [0.05, 0.1) is 0 Å². The van der Waals surface area contributed by atoms with Gasteiger partial charge in [0.2, 0.25) is 0 Å². The largest absolute Gasteiger partial charge is 0.357 e. The first-order chi connectivity index (χ1) is 13.7. The van der Waals surface area contributed by atoms with E-state index < -0.39 is 0 Å². The number of nitrogens with one attached hydrogen (secondary N) is 1. The molecule has 5 nitrogen and oxygen atoms in total. The van der Waals surface area contributed by atoms with Gasteiger partial charge in [-0.2, -0.15) is 0 Å². The molecule has 0 saturated carbocycles. The van der Waals surface area contributed by atoms with Gasteiger partial charge in [0.1, 0.15) is 5.82 Å². The summed E-state index contributed by atoms with van der Waals surface area (Å²) >= 11 is 0. The topological polar surface area (TPSA) is 50.2 Å². The standard InChI is InChI=1S/C23H28N4O/c1-26-16-20(18-3-2-4-19(18)22(26)28)17-5-6-21(25-15-17)27-13-9-23(10-14-27)7-11-24-12-8-23/h2-3,5-6,15-16,24H,4,7-14H2,1H3. The molecule has 1 N–H and O–H groups in total. The summed E-state index contributed by atoms with van der Waals surface area (Å²) in [5, 5.41) is 3.49. The molecule has 5 heteroatoms. The summed E-state index contributed by atoms with van der Waals surface area (Å²) in [6.07, 6.45) is 14.0. The minimum Gasteiger partial charge on any atom is -0.357 e. The fraction of sp³-hybridized carbons (Fsp3) is 0.478. The van der Waals surface area contributed by atoms with Crippen LogP contribution >= 0.6 is 0 Å². The number of rotatable bonds is 2. The Kier molecular flexibility index (Phi) is 4.35. The van der Waals surface area contributed by atoms with Crippen LogP contribution < -0.4 is 15.8 Å². The van der Waals surface area contributed by atoms with Gasteiger partial charge in [-0.25, -0.2) is 4.98 Å². The maximum atomic E-state index is 12.3. The van der Waals surface area contributed by atoms with E-state index in [0.717, 1.165) is 47.6 Å². The third kappa shape index (κ3) is 2.98.